The standard InChI is InChI=1S/C16H24N2O2/c1-12(2)20-15-9-4-3-7-13(15)11-18-16(19)14-8-5-6-10-17-14/h3-4,7,9,12,14,17H,5-6,8,10-11H2,1-2H3,(H,18,19). The van der Waals surface area contributed by atoms with Crippen LogP contribution in [0.4, 0.5) is 0 Å². The van der Waals surface area contributed by atoms with E-state index in [1.54, 1.807) is 0 Å². The van der Waals surface area contributed by atoms with Gasteiger partial charge in [-0.1, -0.05) is 24.6 Å². The molecule has 1 heterocycles. The molecule has 1 aromatic carbocycles. The van der Waals surface area contributed by atoms with Crippen molar-refractivity contribution in [1.82, 2.24) is 10.6 Å². The van der Waals surface area contributed by atoms with Crippen LogP contribution in [0.1, 0.15) is 38.7 Å². The Balaban J connectivity index is 1.91. The lowest BCUT2D eigenvalue weighted by Gasteiger charge is -2.23. The average Bonchev–Trinajstić information content (AvgIpc) is 2.46. The summed E-state index contributed by atoms with van der Waals surface area (Å²) in [6.07, 6.45) is 3.34. The van der Waals surface area contributed by atoms with Gasteiger partial charge in [-0.15, -0.1) is 0 Å². The minimum absolute atomic E-state index is 0.0399. The van der Waals surface area contributed by atoms with Crippen molar-refractivity contribution in [3.8, 4) is 5.75 Å². The SMILES string of the molecule is CC(C)Oc1ccccc1CNC(=O)C1CCCCN1. The van der Waals surface area contributed by atoms with E-state index in [1.807, 2.05) is 38.1 Å². The number of hydrogen-bond donors (Lipinski definition) is 2. The topological polar surface area (TPSA) is 50.4 Å². The molecular weight excluding hydrogens is 252 g/mol. The zero-order chi connectivity index (χ0) is 14.4. The summed E-state index contributed by atoms with van der Waals surface area (Å²) in [4.78, 5) is 12.1. The van der Waals surface area contributed by atoms with Crippen molar-refractivity contribution in [3.63, 3.8) is 0 Å². The van der Waals surface area contributed by atoms with Gasteiger partial charge in [0, 0.05) is 12.1 Å². The van der Waals surface area contributed by atoms with Gasteiger partial charge >= 0.3 is 0 Å². The third kappa shape index (κ3) is 4.23. The molecule has 0 radical (unpaired) electrons. The van der Waals surface area contributed by atoms with Crippen LogP contribution < -0.4 is 15.4 Å². The van der Waals surface area contributed by atoms with E-state index in [0.717, 1.165) is 37.1 Å². The monoisotopic (exact) mass is 276 g/mol. The van der Waals surface area contributed by atoms with Crippen molar-refractivity contribution in [2.45, 2.75) is 51.8 Å². The highest BCUT2D eigenvalue weighted by molar-refractivity contribution is 5.81. The largest absolute Gasteiger partial charge is 0.491 e. The van der Waals surface area contributed by atoms with E-state index in [0.29, 0.717) is 6.54 Å². The van der Waals surface area contributed by atoms with E-state index < -0.39 is 0 Å². The third-order valence-electron chi connectivity index (χ3n) is 3.42. The van der Waals surface area contributed by atoms with Gasteiger partial charge in [0.25, 0.3) is 0 Å². The molecule has 1 fully saturated rings. The second-order valence-electron chi connectivity index (χ2n) is 5.49. The van der Waals surface area contributed by atoms with Gasteiger partial charge in [0.05, 0.1) is 12.1 Å². The van der Waals surface area contributed by atoms with Crippen molar-refractivity contribution in [2.75, 3.05) is 6.54 Å². The smallest absolute Gasteiger partial charge is 0.237 e. The van der Waals surface area contributed by atoms with Gasteiger partial charge in [-0.2, -0.15) is 0 Å². The molecule has 1 aliphatic heterocycles. The van der Waals surface area contributed by atoms with Gasteiger partial charge in [0.15, 0.2) is 0 Å². The fraction of sp³-hybridized carbons (Fsp3) is 0.562. The maximum atomic E-state index is 12.1. The summed E-state index contributed by atoms with van der Waals surface area (Å²) in [5, 5.41) is 6.26. The van der Waals surface area contributed by atoms with Crippen molar-refractivity contribution < 1.29 is 9.53 Å². The summed E-state index contributed by atoms with van der Waals surface area (Å²) in [5.74, 6) is 0.934. The predicted octanol–water partition coefficient (Wildman–Crippen LogP) is 2.23. The molecule has 0 spiro atoms. The second-order valence-corrected chi connectivity index (χ2v) is 5.49. The Morgan fingerprint density at radius 3 is 2.90 bits per heavy atom. The Kier molecular flexibility index (Phi) is 5.41. The number of amides is 1. The fourth-order valence-electron chi connectivity index (χ4n) is 2.40. The molecular formula is C16H24N2O2. The minimum atomic E-state index is -0.0399. The van der Waals surface area contributed by atoms with E-state index in [2.05, 4.69) is 10.6 Å². The highest BCUT2D eigenvalue weighted by Gasteiger charge is 2.20. The first-order valence-electron chi connectivity index (χ1n) is 7.42. The average molecular weight is 276 g/mol. The molecule has 0 saturated carbocycles. The quantitative estimate of drug-likeness (QED) is 0.867. The highest BCUT2D eigenvalue weighted by atomic mass is 16.5. The summed E-state index contributed by atoms with van der Waals surface area (Å²) in [6, 6.07) is 7.81. The molecule has 1 unspecified atom stereocenters. The molecule has 0 bridgehead atoms. The molecule has 4 heteroatoms. The third-order valence-corrected chi connectivity index (χ3v) is 3.42. The van der Waals surface area contributed by atoms with Crippen LogP contribution in [0.2, 0.25) is 0 Å². The van der Waals surface area contributed by atoms with Crippen LogP contribution in [0.15, 0.2) is 24.3 Å². The summed E-state index contributed by atoms with van der Waals surface area (Å²) < 4.78 is 5.76. The van der Waals surface area contributed by atoms with E-state index >= 15 is 0 Å². The molecule has 20 heavy (non-hydrogen) atoms. The summed E-state index contributed by atoms with van der Waals surface area (Å²) in [7, 11) is 0. The lowest BCUT2D eigenvalue weighted by Crippen LogP contribution is -2.46. The zero-order valence-corrected chi connectivity index (χ0v) is 12.3. The molecule has 2 N–H and O–H groups in total. The van der Waals surface area contributed by atoms with E-state index in [9.17, 15) is 4.79 Å². The molecule has 1 aromatic rings. The van der Waals surface area contributed by atoms with Crippen LogP contribution in [0, 0.1) is 0 Å². The Bertz CT molecular complexity index is 440. The first-order valence-corrected chi connectivity index (χ1v) is 7.42. The van der Waals surface area contributed by atoms with E-state index in [1.165, 1.54) is 0 Å². The second kappa shape index (κ2) is 7.29. The van der Waals surface area contributed by atoms with Gasteiger partial charge in [-0.05, 0) is 39.3 Å². The molecule has 4 nitrogen and oxygen atoms in total. The Hall–Kier alpha value is -1.55. The van der Waals surface area contributed by atoms with Crippen molar-refractivity contribution in [3.05, 3.63) is 29.8 Å². The van der Waals surface area contributed by atoms with Crippen molar-refractivity contribution >= 4 is 5.91 Å². The van der Waals surface area contributed by atoms with E-state index in [-0.39, 0.29) is 18.1 Å². The molecule has 110 valence electrons. The number of hydrogen-bond acceptors (Lipinski definition) is 3. The van der Waals surface area contributed by atoms with Crippen LogP contribution in [0.5, 0.6) is 5.75 Å². The predicted molar refractivity (Wildman–Crippen MR) is 79.7 cm³/mol. The number of carbonyl (C=O) groups is 1. The number of para-hydroxylation sites is 1. The normalized spacial score (nSPS) is 18.9. The maximum Gasteiger partial charge on any atom is 0.237 e. The van der Waals surface area contributed by atoms with Crippen LogP contribution in [0.25, 0.3) is 0 Å². The molecule has 1 saturated heterocycles. The van der Waals surface area contributed by atoms with Gasteiger partial charge in [-0.25, -0.2) is 0 Å². The van der Waals surface area contributed by atoms with Crippen LogP contribution in [-0.4, -0.2) is 24.6 Å². The van der Waals surface area contributed by atoms with Crippen molar-refractivity contribution in [1.29, 1.82) is 0 Å². The lowest BCUT2D eigenvalue weighted by atomic mass is 10.0. The number of carbonyl (C=O) groups excluding carboxylic acids is 1. The highest BCUT2D eigenvalue weighted by Crippen LogP contribution is 2.19. The molecule has 2 rings (SSSR count). The van der Waals surface area contributed by atoms with Crippen LogP contribution in [-0.2, 0) is 11.3 Å². The number of rotatable bonds is 5. The molecule has 1 amide bonds. The van der Waals surface area contributed by atoms with E-state index in [4.69, 9.17) is 4.74 Å². The number of nitrogens with one attached hydrogen (secondary N) is 2. The summed E-state index contributed by atoms with van der Waals surface area (Å²) in [5.41, 5.74) is 1.02. The Morgan fingerprint density at radius 2 is 2.20 bits per heavy atom. The lowest BCUT2D eigenvalue weighted by molar-refractivity contribution is -0.123. The van der Waals surface area contributed by atoms with Gasteiger partial charge in [0.2, 0.25) is 5.91 Å². The molecule has 0 aromatic heterocycles. The first kappa shape index (κ1) is 14.9. The van der Waals surface area contributed by atoms with Gasteiger partial charge in [-0.3, -0.25) is 4.79 Å². The minimum Gasteiger partial charge on any atom is -0.491 e. The van der Waals surface area contributed by atoms with Gasteiger partial charge < -0.3 is 15.4 Å². The Morgan fingerprint density at radius 1 is 1.40 bits per heavy atom. The summed E-state index contributed by atoms with van der Waals surface area (Å²) in [6.45, 7) is 5.45. The van der Waals surface area contributed by atoms with Crippen LogP contribution in [0.3, 0.4) is 0 Å². The van der Waals surface area contributed by atoms with Crippen LogP contribution >= 0.6 is 0 Å². The Labute approximate surface area is 120 Å². The molecule has 0 aliphatic carbocycles. The number of piperidine rings is 1. The van der Waals surface area contributed by atoms with Crippen molar-refractivity contribution in [2.24, 2.45) is 0 Å². The zero-order valence-electron chi connectivity index (χ0n) is 12.3. The van der Waals surface area contributed by atoms with Gasteiger partial charge in [0.1, 0.15) is 5.75 Å². The molecule has 1 atom stereocenters. The first-order chi connectivity index (χ1) is 9.66. The summed E-state index contributed by atoms with van der Waals surface area (Å²) >= 11 is 0. The number of benzene rings is 1. The molecule has 1 aliphatic rings. The number of ether oxygens (including phenoxy) is 1. The fourth-order valence-corrected chi connectivity index (χ4v) is 2.40. The maximum absolute atomic E-state index is 12.1.